The van der Waals surface area contributed by atoms with Crippen LogP contribution in [0.4, 0.5) is 4.39 Å². The first kappa shape index (κ1) is 17.8. The number of halogens is 2. The third-order valence-corrected chi connectivity index (χ3v) is 5.18. The zero-order valence-electron chi connectivity index (χ0n) is 14.3. The van der Waals surface area contributed by atoms with E-state index in [0.717, 1.165) is 5.56 Å². The van der Waals surface area contributed by atoms with Gasteiger partial charge in [0.2, 0.25) is 5.89 Å². The van der Waals surface area contributed by atoms with E-state index in [9.17, 15) is 4.39 Å². The van der Waals surface area contributed by atoms with E-state index in [2.05, 4.69) is 15.2 Å². The van der Waals surface area contributed by atoms with Crippen molar-refractivity contribution in [1.82, 2.24) is 19.7 Å². The average Bonchev–Trinajstić information content (AvgIpc) is 3.28. The Hall–Kier alpha value is -2.64. The zero-order chi connectivity index (χ0) is 18.8. The van der Waals surface area contributed by atoms with E-state index in [1.165, 1.54) is 17.8 Å². The summed E-state index contributed by atoms with van der Waals surface area (Å²) < 4.78 is 21.5. The Morgan fingerprint density at radius 2 is 2.00 bits per heavy atom. The molecule has 0 saturated carbocycles. The highest BCUT2D eigenvalue weighted by molar-refractivity contribution is 7.98. The van der Waals surface area contributed by atoms with Gasteiger partial charge < -0.3 is 8.98 Å². The first-order valence-electron chi connectivity index (χ1n) is 8.09. The van der Waals surface area contributed by atoms with Crippen LogP contribution in [0.15, 0.2) is 64.3 Å². The second kappa shape index (κ2) is 7.54. The number of hydrogen-bond acceptors (Lipinski definition) is 5. The number of hydrogen-bond donors (Lipinski definition) is 0. The van der Waals surface area contributed by atoms with Crippen LogP contribution in [0, 0.1) is 5.82 Å². The van der Waals surface area contributed by atoms with Gasteiger partial charge in [-0.25, -0.2) is 9.37 Å². The molecule has 0 bridgehead atoms. The molecule has 0 atom stereocenters. The third kappa shape index (κ3) is 3.74. The molecule has 4 aromatic rings. The number of benzene rings is 2. The fourth-order valence-corrected chi connectivity index (χ4v) is 3.55. The molecule has 0 aliphatic heterocycles. The molecule has 5 nitrogen and oxygen atoms in total. The van der Waals surface area contributed by atoms with Gasteiger partial charge in [0.05, 0.1) is 17.5 Å². The first-order chi connectivity index (χ1) is 13.1. The van der Waals surface area contributed by atoms with E-state index in [0.29, 0.717) is 39.0 Å². The van der Waals surface area contributed by atoms with E-state index in [1.54, 1.807) is 42.1 Å². The van der Waals surface area contributed by atoms with E-state index in [1.807, 2.05) is 18.2 Å². The summed E-state index contributed by atoms with van der Waals surface area (Å²) in [6.07, 6.45) is 1.67. The van der Waals surface area contributed by atoms with Crippen LogP contribution in [-0.2, 0) is 12.8 Å². The molecule has 0 unspecified atom stereocenters. The maximum atomic E-state index is 14.0. The molecular formula is C19H14ClFN4OS. The minimum Gasteiger partial charge on any atom is -0.440 e. The summed E-state index contributed by atoms with van der Waals surface area (Å²) in [4.78, 5) is 4.30. The summed E-state index contributed by atoms with van der Waals surface area (Å²) in [6, 6.07) is 13.9. The van der Waals surface area contributed by atoms with Gasteiger partial charge in [0, 0.05) is 17.6 Å². The monoisotopic (exact) mass is 400 g/mol. The van der Waals surface area contributed by atoms with Crippen molar-refractivity contribution < 1.29 is 8.81 Å². The van der Waals surface area contributed by atoms with Crippen molar-refractivity contribution in [2.24, 2.45) is 7.05 Å². The molecule has 4 rings (SSSR count). The molecule has 0 fully saturated rings. The van der Waals surface area contributed by atoms with Crippen molar-refractivity contribution in [3.8, 4) is 22.7 Å². The second-order valence-electron chi connectivity index (χ2n) is 5.76. The molecule has 27 heavy (non-hydrogen) atoms. The number of nitrogens with zero attached hydrogens (tertiary/aromatic N) is 4. The van der Waals surface area contributed by atoms with Gasteiger partial charge in [0.1, 0.15) is 5.82 Å². The zero-order valence-corrected chi connectivity index (χ0v) is 15.8. The molecule has 0 radical (unpaired) electrons. The summed E-state index contributed by atoms with van der Waals surface area (Å²) >= 11 is 7.43. The topological polar surface area (TPSA) is 56.7 Å². The maximum Gasteiger partial charge on any atom is 0.205 e. The maximum absolute atomic E-state index is 14.0. The van der Waals surface area contributed by atoms with E-state index in [-0.39, 0.29) is 5.82 Å². The minimum absolute atomic E-state index is 0.330. The van der Waals surface area contributed by atoms with Crippen molar-refractivity contribution in [2.75, 3.05) is 0 Å². The van der Waals surface area contributed by atoms with Crippen LogP contribution in [0.2, 0.25) is 5.02 Å². The molecule has 0 N–H and O–H groups in total. The van der Waals surface area contributed by atoms with Gasteiger partial charge in [-0.1, -0.05) is 47.6 Å². The van der Waals surface area contributed by atoms with Gasteiger partial charge in [-0.2, -0.15) is 0 Å². The van der Waals surface area contributed by atoms with Crippen molar-refractivity contribution in [1.29, 1.82) is 0 Å². The lowest BCUT2D eigenvalue weighted by molar-refractivity contribution is 0.529. The third-order valence-electron chi connectivity index (χ3n) is 3.94. The Kier molecular flexibility index (Phi) is 4.96. The second-order valence-corrected chi connectivity index (χ2v) is 7.14. The molecule has 2 aromatic carbocycles. The van der Waals surface area contributed by atoms with Crippen molar-refractivity contribution in [2.45, 2.75) is 10.9 Å². The normalized spacial score (nSPS) is 11.1. The van der Waals surface area contributed by atoms with E-state index < -0.39 is 0 Å². The fourth-order valence-electron chi connectivity index (χ4n) is 2.60. The fraction of sp³-hybridized carbons (Fsp3) is 0.105. The van der Waals surface area contributed by atoms with Crippen LogP contribution in [0.3, 0.4) is 0 Å². The lowest BCUT2D eigenvalue weighted by Crippen LogP contribution is -1.96. The summed E-state index contributed by atoms with van der Waals surface area (Å²) in [6.45, 7) is 0. The van der Waals surface area contributed by atoms with Crippen molar-refractivity contribution in [3.63, 3.8) is 0 Å². The molecule has 0 spiro atoms. The molecule has 2 aromatic heterocycles. The molecule has 8 heteroatoms. The largest absolute Gasteiger partial charge is 0.440 e. The van der Waals surface area contributed by atoms with Crippen LogP contribution >= 0.6 is 23.4 Å². The summed E-state index contributed by atoms with van der Waals surface area (Å²) in [5.74, 6) is 1.83. The molecule has 0 aliphatic carbocycles. The van der Waals surface area contributed by atoms with Crippen LogP contribution in [0.5, 0.6) is 0 Å². The predicted octanol–water partition coefficient (Wildman–Crippen LogP) is 5.22. The predicted molar refractivity (Wildman–Crippen MR) is 103 cm³/mol. The van der Waals surface area contributed by atoms with Crippen molar-refractivity contribution >= 4 is 23.4 Å². The van der Waals surface area contributed by atoms with Crippen LogP contribution in [-0.4, -0.2) is 19.7 Å². The van der Waals surface area contributed by atoms with Crippen LogP contribution < -0.4 is 0 Å². The van der Waals surface area contributed by atoms with Gasteiger partial charge in [0.15, 0.2) is 16.7 Å². The lowest BCUT2D eigenvalue weighted by atomic mass is 10.2. The highest BCUT2D eigenvalue weighted by atomic mass is 35.5. The number of thioether (sulfide) groups is 1. The first-order valence-corrected chi connectivity index (χ1v) is 9.46. The molecule has 2 heterocycles. The average molecular weight is 401 g/mol. The Morgan fingerprint density at radius 1 is 1.15 bits per heavy atom. The minimum atomic E-state index is -0.330. The molecule has 0 saturated heterocycles. The summed E-state index contributed by atoms with van der Waals surface area (Å²) in [7, 11) is 1.80. The Morgan fingerprint density at radius 3 is 2.81 bits per heavy atom. The number of rotatable bonds is 5. The number of aromatic nitrogens is 4. The molecule has 0 amide bonds. The van der Waals surface area contributed by atoms with Gasteiger partial charge >= 0.3 is 0 Å². The van der Waals surface area contributed by atoms with E-state index in [4.69, 9.17) is 16.0 Å². The Bertz CT molecular complexity index is 1090. The molecule has 0 aliphatic rings. The Labute approximate surface area is 164 Å². The van der Waals surface area contributed by atoms with Crippen LogP contribution in [0.1, 0.15) is 5.89 Å². The summed E-state index contributed by atoms with van der Waals surface area (Å²) in [5.41, 5.74) is 1.28. The van der Waals surface area contributed by atoms with Gasteiger partial charge in [0.25, 0.3) is 0 Å². The Balaban J connectivity index is 1.50. The van der Waals surface area contributed by atoms with E-state index >= 15 is 0 Å². The van der Waals surface area contributed by atoms with Crippen LogP contribution in [0.25, 0.3) is 22.7 Å². The number of oxazole rings is 1. The molecular weight excluding hydrogens is 387 g/mol. The van der Waals surface area contributed by atoms with Crippen molar-refractivity contribution in [3.05, 3.63) is 71.5 Å². The van der Waals surface area contributed by atoms with Gasteiger partial charge in [-0.15, -0.1) is 10.2 Å². The SMILES string of the molecule is Cn1c(SCc2ncc(-c3cccc(Cl)c3)o2)nnc1-c1ccccc1F. The lowest BCUT2D eigenvalue weighted by Gasteiger charge is -2.04. The smallest absolute Gasteiger partial charge is 0.205 e. The highest BCUT2D eigenvalue weighted by Gasteiger charge is 2.15. The standard InChI is InChI=1S/C19H14ClFN4OS/c1-25-18(14-7-2-3-8-15(14)21)23-24-19(25)27-11-17-22-10-16(26-17)12-5-4-6-13(20)9-12/h2-10H,11H2,1H3. The van der Waals surface area contributed by atoms with Gasteiger partial charge in [-0.05, 0) is 24.3 Å². The molecule has 136 valence electrons. The summed E-state index contributed by atoms with van der Waals surface area (Å²) in [5, 5.41) is 9.54. The van der Waals surface area contributed by atoms with Gasteiger partial charge in [-0.3, -0.25) is 0 Å². The highest BCUT2D eigenvalue weighted by Crippen LogP contribution is 2.28. The quantitative estimate of drug-likeness (QED) is 0.430.